The molecule has 0 aromatic carbocycles. The first-order valence-electron chi connectivity index (χ1n) is 9.19. The van der Waals surface area contributed by atoms with Crippen LogP contribution in [0.4, 0.5) is 0 Å². The van der Waals surface area contributed by atoms with Crippen LogP contribution in [0.2, 0.25) is 0 Å². The third-order valence-corrected chi connectivity index (χ3v) is 6.62. The molecule has 0 aromatic heterocycles. The third kappa shape index (κ3) is 3.39. The normalized spacial score (nSPS) is 45.3. The molecule has 116 valence electrons. The summed E-state index contributed by atoms with van der Waals surface area (Å²) < 4.78 is 0. The minimum Gasteiger partial charge on any atom is -0.330 e. The average Bonchev–Trinajstić information content (AvgIpc) is 2.47. The van der Waals surface area contributed by atoms with Gasteiger partial charge in [0.15, 0.2) is 0 Å². The summed E-state index contributed by atoms with van der Waals surface area (Å²) in [7, 11) is 0. The summed E-state index contributed by atoms with van der Waals surface area (Å²) in [6.07, 6.45) is 13.0. The van der Waals surface area contributed by atoms with Crippen LogP contribution in [-0.2, 0) is 0 Å². The lowest BCUT2D eigenvalue weighted by Crippen LogP contribution is -2.44. The Balaban J connectivity index is 1.49. The molecule has 3 fully saturated rings. The molecule has 3 aliphatic rings. The van der Waals surface area contributed by atoms with Gasteiger partial charge in [-0.05, 0) is 74.8 Å². The highest BCUT2D eigenvalue weighted by molar-refractivity contribution is 4.90. The first-order valence-corrected chi connectivity index (χ1v) is 9.19. The number of nitrogens with one attached hydrogen (secondary N) is 1. The van der Waals surface area contributed by atoms with Crippen LogP contribution in [0.1, 0.15) is 64.7 Å². The molecule has 0 saturated heterocycles. The van der Waals surface area contributed by atoms with Crippen LogP contribution in [0, 0.1) is 29.6 Å². The second kappa shape index (κ2) is 6.79. The lowest BCUT2D eigenvalue weighted by Gasteiger charge is -2.45. The Morgan fingerprint density at radius 1 is 1.00 bits per heavy atom. The number of nitrogens with two attached hydrogens (primary N) is 1. The predicted octanol–water partition coefficient (Wildman–Crippen LogP) is 3.56. The Morgan fingerprint density at radius 2 is 1.85 bits per heavy atom. The van der Waals surface area contributed by atoms with Gasteiger partial charge < -0.3 is 11.1 Å². The topological polar surface area (TPSA) is 38.0 Å². The average molecular weight is 278 g/mol. The molecule has 0 heterocycles. The molecule has 3 N–H and O–H groups in total. The fourth-order valence-electron chi connectivity index (χ4n) is 5.46. The quantitative estimate of drug-likeness (QED) is 0.825. The maximum atomic E-state index is 5.87. The van der Waals surface area contributed by atoms with E-state index in [1.54, 1.807) is 0 Å². The fraction of sp³-hybridized carbons (Fsp3) is 1.00. The van der Waals surface area contributed by atoms with Crippen molar-refractivity contribution in [2.45, 2.75) is 70.8 Å². The van der Waals surface area contributed by atoms with Gasteiger partial charge in [-0.15, -0.1) is 0 Å². The largest absolute Gasteiger partial charge is 0.330 e. The highest BCUT2D eigenvalue weighted by Gasteiger charge is 2.37. The first kappa shape index (κ1) is 14.8. The van der Waals surface area contributed by atoms with Crippen molar-refractivity contribution in [2.75, 3.05) is 13.1 Å². The lowest BCUT2D eigenvalue weighted by atomic mass is 9.62. The monoisotopic (exact) mass is 278 g/mol. The molecule has 6 atom stereocenters. The van der Waals surface area contributed by atoms with Crippen LogP contribution in [0.25, 0.3) is 0 Å². The van der Waals surface area contributed by atoms with E-state index in [4.69, 9.17) is 5.73 Å². The van der Waals surface area contributed by atoms with E-state index in [0.717, 1.165) is 42.2 Å². The SMILES string of the molecule is CC1CC2CCCC(C2)C1CNC1CCCC(CN)C1. The molecule has 0 aromatic rings. The Labute approximate surface area is 125 Å². The second-order valence-electron chi connectivity index (χ2n) is 8.04. The number of hydrogen-bond acceptors (Lipinski definition) is 2. The van der Waals surface area contributed by atoms with Crippen LogP contribution in [0.5, 0.6) is 0 Å². The van der Waals surface area contributed by atoms with Crippen molar-refractivity contribution in [1.82, 2.24) is 5.32 Å². The summed E-state index contributed by atoms with van der Waals surface area (Å²) in [5.41, 5.74) is 5.87. The number of rotatable bonds is 4. The molecular formula is C18H34N2. The van der Waals surface area contributed by atoms with Crippen molar-refractivity contribution in [3.63, 3.8) is 0 Å². The van der Waals surface area contributed by atoms with Crippen molar-refractivity contribution in [3.05, 3.63) is 0 Å². The summed E-state index contributed by atoms with van der Waals surface area (Å²) in [4.78, 5) is 0. The van der Waals surface area contributed by atoms with Crippen molar-refractivity contribution in [3.8, 4) is 0 Å². The van der Waals surface area contributed by atoms with Gasteiger partial charge in [0.2, 0.25) is 0 Å². The summed E-state index contributed by atoms with van der Waals surface area (Å²) in [6.45, 7) is 4.68. The predicted molar refractivity (Wildman–Crippen MR) is 85.5 cm³/mol. The Bertz CT molecular complexity index is 302. The zero-order valence-electron chi connectivity index (χ0n) is 13.3. The van der Waals surface area contributed by atoms with E-state index in [0.29, 0.717) is 0 Å². The Morgan fingerprint density at radius 3 is 2.70 bits per heavy atom. The van der Waals surface area contributed by atoms with E-state index in [1.807, 2.05) is 0 Å². The van der Waals surface area contributed by atoms with E-state index in [1.165, 1.54) is 64.3 Å². The molecule has 3 saturated carbocycles. The Kier molecular flexibility index (Phi) is 5.04. The van der Waals surface area contributed by atoms with Gasteiger partial charge in [-0.3, -0.25) is 0 Å². The van der Waals surface area contributed by atoms with Crippen molar-refractivity contribution >= 4 is 0 Å². The van der Waals surface area contributed by atoms with Crippen LogP contribution >= 0.6 is 0 Å². The minimum absolute atomic E-state index is 0.755. The van der Waals surface area contributed by atoms with Crippen molar-refractivity contribution in [1.29, 1.82) is 0 Å². The smallest absolute Gasteiger partial charge is 0.00702 e. The molecule has 3 aliphatic carbocycles. The molecular weight excluding hydrogens is 244 g/mol. The van der Waals surface area contributed by atoms with Crippen LogP contribution in [0.3, 0.4) is 0 Å². The van der Waals surface area contributed by atoms with Crippen molar-refractivity contribution in [2.24, 2.45) is 35.3 Å². The van der Waals surface area contributed by atoms with E-state index in [9.17, 15) is 0 Å². The van der Waals surface area contributed by atoms with Gasteiger partial charge in [0, 0.05) is 6.04 Å². The van der Waals surface area contributed by atoms with Gasteiger partial charge in [0.25, 0.3) is 0 Å². The number of hydrogen-bond donors (Lipinski definition) is 2. The van der Waals surface area contributed by atoms with Gasteiger partial charge in [-0.1, -0.05) is 32.6 Å². The van der Waals surface area contributed by atoms with Gasteiger partial charge >= 0.3 is 0 Å². The summed E-state index contributed by atoms with van der Waals surface area (Å²) >= 11 is 0. The third-order valence-electron chi connectivity index (χ3n) is 6.62. The highest BCUT2D eigenvalue weighted by Crippen LogP contribution is 2.45. The van der Waals surface area contributed by atoms with Gasteiger partial charge in [0.1, 0.15) is 0 Å². The maximum Gasteiger partial charge on any atom is 0.00702 e. The van der Waals surface area contributed by atoms with Crippen LogP contribution in [0.15, 0.2) is 0 Å². The molecule has 0 radical (unpaired) electrons. The zero-order chi connectivity index (χ0) is 13.9. The van der Waals surface area contributed by atoms with Gasteiger partial charge in [0.05, 0.1) is 0 Å². The molecule has 0 amide bonds. The summed E-state index contributed by atoms with van der Waals surface area (Å²) in [6, 6.07) is 0.755. The zero-order valence-corrected chi connectivity index (χ0v) is 13.3. The van der Waals surface area contributed by atoms with Gasteiger partial charge in [-0.25, -0.2) is 0 Å². The molecule has 0 spiro atoms. The van der Waals surface area contributed by atoms with E-state index < -0.39 is 0 Å². The first-order chi connectivity index (χ1) is 9.76. The standard InChI is InChI=1S/C18H34N2/c1-13-8-14-4-2-6-16(9-14)18(13)12-20-17-7-3-5-15(10-17)11-19/h13-18,20H,2-12,19H2,1H3. The van der Waals surface area contributed by atoms with E-state index in [2.05, 4.69) is 12.2 Å². The molecule has 2 nitrogen and oxygen atoms in total. The van der Waals surface area contributed by atoms with Gasteiger partial charge in [-0.2, -0.15) is 0 Å². The molecule has 2 heteroatoms. The summed E-state index contributed by atoms with van der Waals surface area (Å²) in [5.74, 6) is 4.77. The Hall–Kier alpha value is -0.0800. The molecule has 0 aliphatic heterocycles. The van der Waals surface area contributed by atoms with E-state index in [-0.39, 0.29) is 0 Å². The maximum absolute atomic E-state index is 5.87. The molecule has 3 rings (SSSR count). The highest BCUT2D eigenvalue weighted by atomic mass is 14.9. The fourth-order valence-corrected chi connectivity index (χ4v) is 5.46. The molecule has 20 heavy (non-hydrogen) atoms. The summed E-state index contributed by atoms with van der Waals surface area (Å²) in [5, 5.41) is 3.93. The second-order valence-corrected chi connectivity index (χ2v) is 8.04. The molecule has 6 unspecified atom stereocenters. The minimum atomic E-state index is 0.755. The molecule has 2 bridgehead atoms. The van der Waals surface area contributed by atoms with Crippen molar-refractivity contribution < 1.29 is 0 Å². The van der Waals surface area contributed by atoms with E-state index >= 15 is 0 Å². The lowest BCUT2D eigenvalue weighted by molar-refractivity contribution is 0.0675. The van der Waals surface area contributed by atoms with Crippen LogP contribution < -0.4 is 11.1 Å². The van der Waals surface area contributed by atoms with Crippen LogP contribution in [-0.4, -0.2) is 19.1 Å². The number of fused-ring (bicyclic) bond motifs is 2.